The zero-order valence-electron chi connectivity index (χ0n) is 37.1. The smallest absolute Gasteiger partial charge is 0.411 e. The minimum absolute atomic E-state index is 0.0984. The van der Waals surface area contributed by atoms with E-state index in [9.17, 15) is 20.7 Å². The first-order valence-corrected chi connectivity index (χ1v) is 13.4. The van der Waals surface area contributed by atoms with E-state index in [1.807, 2.05) is 0 Å². The lowest BCUT2D eigenvalue weighted by Crippen LogP contribution is -2.31. The van der Waals surface area contributed by atoms with Gasteiger partial charge in [-0.2, -0.15) is 0 Å². The molecule has 1 aromatic heterocycles. The lowest BCUT2D eigenvalue weighted by atomic mass is 10.0. The van der Waals surface area contributed by atoms with E-state index in [4.69, 9.17) is 28.7 Å². The molecule has 1 saturated carbocycles. The Morgan fingerprint density at radius 3 is 2.73 bits per heavy atom. The van der Waals surface area contributed by atoms with Gasteiger partial charge in [-0.1, -0.05) is 24.3 Å². The molecule has 1 heterocycles. The Hall–Kier alpha value is -4.31. The number of methoxy groups -OCH3 is 1. The molecule has 0 saturated heterocycles. The number of benzene rings is 3. The third kappa shape index (κ3) is 6.22. The van der Waals surface area contributed by atoms with Crippen molar-refractivity contribution >= 4 is 38.6 Å². The number of aromatic nitrogens is 1. The summed E-state index contributed by atoms with van der Waals surface area (Å²) in [6.07, 6.45) is -12.1. The summed E-state index contributed by atoms with van der Waals surface area (Å²) in [5, 5.41) is 2.14. The number of hydrogen-bond donors (Lipinski definition) is 2. The average molecular weight is 592 g/mol. The second-order valence-corrected chi connectivity index (χ2v) is 10.4. The molecular formula is C31H33N3O6S. The zero-order valence-corrected chi connectivity index (χ0v) is 21.9. The number of amides is 2. The summed E-state index contributed by atoms with van der Waals surface area (Å²) in [5.74, 6) is -2.17. The van der Waals surface area contributed by atoms with Gasteiger partial charge < -0.3 is 14.0 Å². The molecule has 0 atom stereocenters. The van der Waals surface area contributed by atoms with Crippen molar-refractivity contribution in [2.45, 2.75) is 49.8 Å². The highest BCUT2D eigenvalue weighted by molar-refractivity contribution is 7.90. The van der Waals surface area contributed by atoms with Crippen molar-refractivity contribution in [1.82, 2.24) is 9.29 Å². The Morgan fingerprint density at radius 1 is 1.12 bits per heavy atom. The lowest BCUT2D eigenvalue weighted by Gasteiger charge is -2.13. The number of hydrogen-bond acceptors (Lipinski definition) is 6. The maximum Gasteiger partial charge on any atom is 0.411 e. The maximum absolute atomic E-state index is 13.3. The van der Waals surface area contributed by atoms with Gasteiger partial charge in [0.05, 0.1) is 17.4 Å². The number of sulfonamides is 1. The Balaban J connectivity index is 1.54. The topological polar surface area (TPSA) is 116 Å². The summed E-state index contributed by atoms with van der Waals surface area (Å²) in [6, 6.07) is 10.6. The molecule has 10 heteroatoms. The first-order chi connectivity index (χ1) is 25.8. The molecule has 3 aromatic carbocycles. The standard InChI is InChI=1S/C31H33N3O6S/c1-20-8-4-7-11-29(20)41(37,38)33-30(35)22-13-12-21(28(17-22)39-3)16-23-19-34(2)27-15-14-24(18-26(23)27)32-31(36)40-25-9-5-6-10-25/h4,7-8,11-15,17-19,25H,5-6,9-10,16H2,1-3H3,(H,32,36)(H,33,35)/i1D3,2D3,3D3,5D2,6D2,16D2,25D. The maximum atomic E-state index is 13.3. The van der Waals surface area contributed by atoms with Gasteiger partial charge in [-0.25, -0.2) is 17.9 Å². The van der Waals surface area contributed by atoms with Crippen molar-refractivity contribution in [1.29, 1.82) is 0 Å². The van der Waals surface area contributed by atoms with Gasteiger partial charge in [0.15, 0.2) is 0 Å². The minimum Gasteiger partial charge on any atom is -0.496 e. The van der Waals surface area contributed by atoms with Crippen LogP contribution < -0.4 is 14.8 Å². The number of fused-ring (bicyclic) bond motifs is 1. The normalized spacial score (nSPS) is 24.0. The van der Waals surface area contributed by atoms with Gasteiger partial charge in [-0.3, -0.25) is 10.1 Å². The van der Waals surface area contributed by atoms with Gasteiger partial charge in [0.2, 0.25) is 0 Å². The Labute approximate surface area is 262 Å². The number of carbonyl (C=O) groups excluding carboxylic acids is 2. The van der Waals surface area contributed by atoms with Crippen LogP contribution in [0.1, 0.15) is 74.6 Å². The summed E-state index contributed by atoms with van der Waals surface area (Å²) < 4.78 is 167. The molecule has 0 unspecified atom stereocenters. The van der Waals surface area contributed by atoms with Crippen LogP contribution in [0.15, 0.2) is 71.8 Å². The predicted molar refractivity (Wildman–Crippen MR) is 157 cm³/mol. The van der Waals surface area contributed by atoms with Gasteiger partial charge >= 0.3 is 6.09 Å². The average Bonchev–Trinajstić information content (AvgIpc) is 3.50. The molecule has 2 N–H and O–H groups in total. The van der Waals surface area contributed by atoms with Gasteiger partial charge in [0.1, 0.15) is 11.8 Å². The third-order valence-corrected chi connectivity index (χ3v) is 7.40. The number of ether oxygens (including phenoxy) is 2. The number of carbonyl (C=O) groups is 2. The lowest BCUT2D eigenvalue weighted by molar-refractivity contribution is 0.0980. The molecule has 0 radical (unpaired) electrons. The quantitative estimate of drug-likeness (QED) is 0.272. The van der Waals surface area contributed by atoms with E-state index >= 15 is 0 Å². The Morgan fingerprint density at radius 2 is 1.95 bits per heavy atom. The molecule has 1 aliphatic rings. The van der Waals surface area contributed by atoms with Crippen molar-refractivity contribution in [2.24, 2.45) is 6.98 Å². The van der Waals surface area contributed by atoms with Gasteiger partial charge in [-0.15, -0.1) is 0 Å². The molecule has 9 nitrogen and oxygen atoms in total. The number of rotatable bonds is 8. The van der Waals surface area contributed by atoms with E-state index in [0.717, 1.165) is 47.2 Å². The minimum atomic E-state index is -4.84. The number of anilines is 1. The molecule has 1 aliphatic carbocycles. The first kappa shape index (κ1) is 14.5. The second kappa shape index (κ2) is 11.7. The molecule has 0 bridgehead atoms. The van der Waals surface area contributed by atoms with Crippen LogP contribution in [0.4, 0.5) is 10.5 Å². The van der Waals surface area contributed by atoms with Crippen molar-refractivity contribution in [3.63, 3.8) is 0 Å². The SMILES string of the molecule is [2H]C([2H])([2H])Oc1cc(C(=O)NS(=O)(=O)c2ccccc2C([2H])([2H])[2H])ccc1C([2H])([2H])c1cn(C([2H])([2H])[2H])c2ccc(NC(=O)OC3([2H])CC([2H])([2H])C([2H])([2H])C3)cc12. The van der Waals surface area contributed by atoms with E-state index in [-0.39, 0.29) is 16.6 Å². The van der Waals surface area contributed by atoms with Crippen LogP contribution in [0.2, 0.25) is 0 Å². The monoisotopic (exact) mass is 591 g/mol. The van der Waals surface area contributed by atoms with Gasteiger partial charge in [0, 0.05) is 58.1 Å². The van der Waals surface area contributed by atoms with Crippen LogP contribution in [-0.2, 0) is 28.1 Å². The van der Waals surface area contributed by atoms with Crippen molar-refractivity contribution in [3.8, 4) is 5.75 Å². The summed E-state index contributed by atoms with van der Waals surface area (Å²) >= 11 is 0. The van der Waals surface area contributed by atoms with E-state index in [1.165, 1.54) is 24.3 Å². The highest BCUT2D eigenvalue weighted by Crippen LogP contribution is 2.30. The molecule has 2 amide bonds. The third-order valence-electron chi connectivity index (χ3n) is 6.01. The van der Waals surface area contributed by atoms with Crippen LogP contribution in [0.3, 0.4) is 0 Å². The fourth-order valence-electron chi connectivity index (χ4n) is 4.07. The van der Waals surface area contributed by atoms with E-state index in [1.54, 1.807) is 4.72 Å². The first-order valence-electron chi connectivity index (χ1n) is 19.9. The van der Waals surface area contributed by atoms with Gasteiger partial charge in [0.25, 0.3) is 15.9 Å². The molecular weight excluding hydrogens is 542 g/mol. The molecule has 0 spiro atoms. The van der Waals surface area contributed by atoms with Crippen LogP contribution in [-0.4, -0.2) is 38.1 Å². The molecule has 214 valence electrons. The van der Waals surface area contributed by atoms with Gasteiger partial charge in [-0.05, 0) is 85.5 Å². The fourth-order valence-corrected chi connectivity index (χ4v) is 5.16. The predicted octanol–water partition coefficient (Wildman–Crippen LogP) is 5.70. The van der Waals surface area contributed by atoms with E-state index < -0.39 is 114 Å². The summed E-state index contributed by atoms with van der Waals surface area (Å²) in [5.41, 5.74) is -2.37. The van der Waals surface area contributed by atoms with Crippen molar-refractivity contribution in [3.05, 3.63) is 89.1 Å². The van der Waals surface area contributed by atoms with Crippen molar-refractivity contribution < 1.29 is 49.4 Å². The largest absolute Gasteiger partial charge is 0.496 e. The Kier molecular flexibility index (Phi) is 4.14. The fraction of sp³-hybridized carbons (Fsp3) is 0.290. The molecule has 5 rings (SSSR count). The van der Waals surface area contributed by atoms with E-state index in [0.29, 0.717) is 0 Å². The number of nitrogens with zero attached hydrogens (tertiary/aromatic N) is 1. The Bertz CT molecular complexity index is 2340. The number of aryl methyl sites for hydroxylation is 2. The molecule has 0 aliphatic heterocycles. The second-order valence-electron chi connectivity index (χ2n) is 8.77. The molecule has 4 aromatic rings. The summed E-state index contributed by atoms with van der Waals surface area (Å²) in [7, 11) is -8.12. The van der Waals surface area contributed by atoms with Crippen LogP contribution >= 0.6 is 0 Å². The van der Waals surface area contributed by atoms with E-state index in [2.05, 4.69) is 5.32 Å². The van der Waals surface area contributed by atoms with Crippen molar-refractivity contribution in [2.75, 3.05) is 12.4 Å². The highest BCUT2D eigenvalue weighted by Gasteiger charge is 2.22. The molecule has 1 fully saturated rings. The summed E-state index contributed by atoms with van der Waals surface area (Å²) in [4.78, 5) is 25.4. The van der Waals surface area contributed by atoms with Crippen LogP contribution in [0.5, 0.6) is 5.75 Å². The molecule has 41 heavy (non-hydrogen) atoms. The summed E-state index contributed by atoms with van der Waals surface area (Å²) in [6.45, 7) is -5.80. The van der Waals surface area contributed by atoms with Crippen LogP contribution in [0, 0.1) is 6.85 Å². The van der Waals surface area contributed by atoms with Crippen LogP contribution in [0.25, 0.3) is 10.9 Å². The highest BCUT2D eigenvalue weighted by atomic mass is 32.2. The number of nitrogens with one attached hydrogen (secondary N) is 2. The zero-order chi connectivity index (χ0) is 42.9.